The van der Waals surface area contributed by atoms with Gasteiger partial charge in [0, 0.05) is 29.4 Å². The highest BCUT2D eigenvalue weighted by Crippen LogP contribution is 2.34. The first-order valence-corrected chi connectivity index (χ1v) is 9.56. The number of nitro groups is 1. The van der Waals surface area contributed by atoms with Crippen LogP contribution in [0, 0.1) is 10.1 Å². The van der Waals surface area contributed by atoms with Crippen LogP contribution in [-0.2, 0) is 4.79 Å². The predicted molar refractivity (Wildman–Crippen MR) is 114 cm³/mol. The Morgan fingerprint density at radius 2 is 1.73 bits per heavy atom. The number of fused-ring (bicyclic) bond motifs is 1. The SMILES string of the molecule is O=C(c1ccccc1)c1ccc(NCC[C@H]2C(=O)Nc3ccccc32)c([N+](=O)[O-])c1. The number of carbonyl (C=O) groups excluding carboxylic acids is 2. The fourth-order valence-corrected chi connectivity index (χ4v) is 3.64. The molecule has 1 amide bonds. The molecule has 7 heteroatoms. The van der Waals surface area contributed by atoms with E-state index in [0.29, 0.717) is 24.2 Å². The highest BCUT2D eigenvalue weighted by Gasteiger charge is 2.29. The van der Waals surface area contributed by atoms with Crippen molar-refractivity contribution in [3.8, 4) is 0 Å². The first-order chi connectivity index (χ1) is 14.5. The topological polar surface area (TPSA) is 101 Å². The van der Waals surface area contributed by atoms with E-state index in [1.165, 1.54) is 12.1 Å². The zero-order valence-electron chi connectivity index (χ0n) is 16.0. The summed E-state index contributed by atoms with van der Waals surface area (Å²) in [6.07, 6.45) is 0.491. The van der Waals surface area contributed by atoms with Crippen LogP contribution in [0.5, 0.6) is 0 Å². The fourth-order valence-electron chi connectivity index (χ4n) is 3.64. The molecule has 7 nitrogen and oxygen atoms in total. The Kier molecular flexibility index (Phi) is 5.26. The summed E-state index contributed by atoms with van der Waals surface area (Å²) in [7, 11) is 0. The van der Waals surface area contributed by atoms with Crippen LogP contribution in [-0.4, -0.2) is 23.2 Å². The summed E-state index contributed by atoms with van der Waals surface area (Å²) in [5.74, 6) is -0.646. The van der Waals surface area contributed by atoms with Gasteiger partial charge in [-0.2, -0.15) is 0 Å². The average Bonchev–Trinajstić information content (AvgIpc) is 3.09. The molecule has 1 heterocycles. The van der Waals surface area contributed by atoms with Gasteiger partial charge >= 0.3 is 0 Å². The minimum atomic E-state index is -0.512. The first kappa shape index (κ1) is 19.3. The van der Waals surface area contributed by atoms with Crippen molar-refractivity contribution in [3.05, 3.63) is 99.6 Å². The standard InChI is InChI=1S/C23H19N3O4/c27-22(15-6-2-1-3-7-15)16-10-11-20(21(14-16)26(29)30)24-13-12-18-17-8-4-5-9-19(17)25-23(18)28/h1-11,14,18,24H,12-13H2,(H,25,28)/t18-/m1/s1. The third-order valence-electron chi connectivity index (χ3n) is 5.15. The zero-order valence-corrected chi connectivity index (χ0v) is 16.0. The van der Waals surface area contributed by atoms with Crippen LogP contribution in [0.1, 0.15) is 33.8 Å². The lowest BCUT2D eigenvalue weighted by molar-refractivity contribution is -0.384. The van der Waals surface area contributed by atoms with E-state index in [1.54, 1.807) is 36.4 Å². The minimum Gasteiger partial charge on any atom is -0.379 e. The maximum absolute atomic E-state index is 12.6. The van der Waals surface area contributed by atoms with E-state index < -0.39 is 4.92 Å². The molecule has 2 N–H and O–H groups in total. The average molecular weight is 401 g/mol. The Bertz CT molecular complexity index is 1130. The third kappa shape index (κ3) is 3.77. The smallest absolute Gasteiger partial charge is 0.293 e. The molecule has 0 unspecified atom stereocenters. The first-order valence-electron chi connectivity index (χ1n) is 9.56. The summed E-state index contributed by atoms with van der Waals surface area (Å²) in [5, 5.41) is 17.5. The fraction of sp³-hybridized carbons (Fsp3) is 0.130. The van der Waals surface area contributed by atoms with Crippen LogP contribution in [0.2, 0.25) is 0 Å². The van der Waals surface area contributed by atoms with Crippen molar-refractivity contribution in [1.82, 2.24) is 0 Å². The van der Waals surface area contributed by atoms with Gasteiger partial charge in [-0.1, -0.05) is 48.5 Å². The second-order valence-electron chi connectivity index (χ2n) is 7.03. The summed E-state index contributed by atoms with van der Waals surface area (Å²) < 4.78 is 0. The summed E-state index contributed by atoms with van der Waals surface area (Å²) in [4.78, 5) is 35.9. The van der Waals surface area contributed by atoms with Crippen molar-refractivity contribution in [1.29, 1.82) is 0 Å². The number of nitrogens with zero attached hydrogens (tertiary/aromatic N) is 1. The molecule has 3 aromatic carbocycles. The van der Waals surface area contributed by atoms with Crippen LogP contribution in [0.15, 0.2) is 72.8 Å². The van der Waals surface area contributed by atoms with Crippen LogP contribution < -0.4 is 10.6 Å². The highest BCUT2D eigenvalue weighted by atomic mass is 16.6. The number of para-hydroxylation sites is 1. The predicted octanol–water partition coefficient (Wildman–Crippen LogP) is 4.36. The Labute approximate surface area is 172 Å². The number of rotatable bonds is 7. The molecule has 3 aromatic rings. The van der Waals surface area contributed by atoms with E-state index in [-0.39, 0.29) is 28.9 Å². The summed E-state index contributed by atoms with van der Waals surface area (Å²) >= 11 is 0. The van der Waals surface area contributed by atoms with Gasteiger partial charge in [0.1, 0.15) is 5.69 Å². The molecule has 0 saturated heterocycles. The van der Waals surface area contributed by atoms with E-state index >= 15 is 0 Å². The molecule has 0 fully saturated rings. The second kappa shape index (κ2) is 8.16. The summed E-state index contributed by atoms with van der Waals surface area (Å²) in [6, 6.07) is 20.5. The third-order valence-corrected chi connectivity index (χ3v) is 5.15. The Morgan fingerprint density at radius 1 is 1.00 bits per heavy atom. The maximum atomic E-state index is 12.6. The highest BCUT2D eigenvalue weighted by molar-refractivity contribution is 6.09. The largest absolute Gasteiger partial charge is 0.379 e. The van der Waals surface area contributed by atoms with Gasteiger partial charge in [0.2, 0.25) is 5.91 Å². The van der Waals surface area contributed by atoms with Crippen molar-refractivity contribution >= 4 is 28.8 Å². The Hall–Kier alpha value is -4.00. The van der Waals surface area contributed by atoms with Gasteiger partial charge in [0.15, 0.2) is 5.78 Å². The number of carbonyl (C=O) groups is 2. The van der Waals surface area contributed by atoms with Crippen molar-refractivity contribution < 1.29 is 14.5 Å². The van der Waals surface area contributed by atoms with Crippen LogP contribution >= 0.6 is 0 Å². The molecule has 0 radical (unpaired) electrons. The van der Waals surface area contributed by atoms with Crippen LogP contribution in [0.3, 0.4) is 0 Å². The van der Waals surface area contributed by atoms with Crippen molar-refractivity contribution in [2.24, 2.45) is 0 Å². The van der Waals surface area contributed by atoms with Crippen LogP contribution in [0.4, 0.5) is 17.1 Å². The molecular formula is C23H19N3O4. The number of hydrogen-bond donors (Lipinski definition) is 2. The van der Waals surface area contributed by atoms with Crippen molar-refractivity contribution in [2.45, 2.75) is 12.3 Å². The summed E-state index contributed by atoms with van der Waals surface area (Å²) in [6.45, 7) is 0.374. The Balaban J connectivity index is 1.49. The van der Waals surface area contributed by atoms with Gasteiger partial charge in [-0.25, -0.2) is 0 Å². The van der Waals surface area contributed by atoms with Gasteiger partial charge in [0.25, 0.3) is 5.69 Å². The molecule has 0 spiro atoms. The van der Waals surface area contributed by atoms with Crippen LogP contribution in [0.25, 0.3) is 0 Å². The normalized spacial score (nSPS) is 14.7. The maximum Gasteiger partial charge on any atom is 0.293 e. The number of nitrogens with one attached hydrogen (secondary N) is 2. The van der Waals surface area contributed by atoms with Gasteiger partial charge in [0.05, 0.1) is 10.8 Å². The molecule has 4 rings (SSSR count). The lowest BCUT2D eigenvalue weighted by Gasteiger charge is -2.12. The Morgan fingerprint density at radius 3 is 2.50 bits per heavy atom. The van der Waals surface area contributed by atoms with Gasteiger partial charge in [-0.3, -0.25) is 19.7 Å². The lowest BCUT2D eigenvalue weighted by atomic mass is 9.97. The van der Waals surface area contributed by atoms with Gasteiger partial charge in [-0.05, 0) is 30.2 Å². The van der Waals surface area contributed by atoms with Gasteiger partial charge < -0.3 is 10.6 Å². The molecule has 0 saturated carbocycles. The number of amides is 1. The zero-order chi connectivity index (χ0) is 21.1. The van der Waals surface area contributed by atoms with Gasteiger partial charge in [-0.15, -0.1) is 0 Å². The number of anilines is 2. The van der Waals surface area contributed by atoms with E-state index in [1.807, 2.05) is 24.3 Å². The minimum absolute atomic E-state index is 0.0729. The van der Waals surface area contributed by atoms with E-state index in [4.69, 9.17) is 0 Å². The molecule has 0 aromatic heterocycles. The number of hydrogen-bond acceptors (Lipinski definition) is 5. The molecule has 0 aliphatic carbocycles. The van der Waals surface area contributed by atoms with E-state index in [9.17, 15) is 19.7 Å². The van der Waals surface area contributed by atoms with Crippen molar-refractivity contribution in [3.63, 3.8) is 0 Å². The number of benzene rings is 3. The molecule has 0 bridgehead atoms. The molecule has 1 aliphatic rings. The number of ketones is 1. The van der Waals surface area contributed by atoms with E-state index in [0.717, 1.165) is 11.3 Å². The molecule has 1 atom stereocenters. The monoisotopic (exact) mass is 401 g/mol. The second-order valence-corrected chi connectivity index (χ2v) is 7.03. The quantitative estimate of drug-likeness (QED) is 0.348. The molecule has 30 heavy (non-hydrogen) atoms. The summed E-state index contributed by atoms with van der Waals surface area (Å²) in [5.41, 5.74) is 2.61. The number of nitro benzene ring substituents is 1. The lowest BCUT2D eigenvalue weighted by Crippen LogP contribution is -2.16. The molecular weight excluding hydrogens is 382 g/mol. The van der Waals surface area contributed by atoms with Crippen molar-refractivity contribution in [2.75, 3.05) is 17.2 Å². The molecule has 150 valence electrons. The van der Waals surface area contributed by atoms with E-state index in [2.05, 4.69) is 10.6 Å². The molecule has 1 aliphatic heterocycles.